The van der Waals surface area contributed by atoms with Crippen LogP contribution in [0, 0.1) is 4.77 Å². The lowest BCUT2D eigenvalue weighted by atomic mass is 9.94. The molecule has 0 saturated carbocycles. The van der Waals surface area contributed by atoms with E-state index in [4.69, 9.17) is 22.1 Å². The highest BCUT2D eigenvalue weighted by molar-refractivity contribution is 7.71. The standard InChI is InChI=1S/C20H18N4O2S2/c1-26-18(25)16-10-13-6-2-3-7-14(13)11-22(16)12-23-20(27)24-15-8-4-5-9-17(15)28-19(24)21-23/h2-9,16H,10-12H2,1H3/t16-/m0/s1. The van der Waals surface area contributed by atoms with Crippen molar-refractivity contribution in [3.05, 3.63) is 64.4 Å². The first-order chi connectivity index (χ1) is 13.7. The van der Waals surface area contributed by atoms with Gasteiger partial charge in [-0.05, 0) is 41.9 Å². The molecular weight excluding hydrogens is 392 g/mol. The van der Waals surface area contributed by atoms with Gasteiger partial charge in [0.15, 0.2) is 0 Å². The number of benzene rings is 2. The Hall–Kier alpha value is -2.55. The first-order valence-electron chi connectivity index (χ1n) is 9.01. The number of carbonyl (C=O) groups is 1. The van der Waals surface area contributed by atoms with Gasteiger partial charge >= 0.3 is 5.97 Å². The van der Waals surface area contributed by atoms with Crippen LogP contribution in [0.25, 0.3) is 15.2 Å². The minimum Gasteiger partial charge on any atom is -0.468 e. The third-order valence-corrected chi connectivity index (χ3v) is 6.66. The molecule has 2 aromatic carbocycles. The molecule has 3 heterocycles. The number of rotatable bonds is 3. The second kappa shape index (κ2) is 6.80. The summed E-state index contributed by atoms with van der Waals surface area (Å²) in [6.45, 7) is 1.10. The number of carbonyl (C=O) groups excluding carboxylic acids is 1. The minimum absolute atomic E-state index is 0.229. The predicted molar refractivity (Wildman–Crippen MR) is 111 cm³/mol. The highest BCUT2D eigenvalue weighted by atomic mass is 32.1. The first-order valence-corrected chi connectivity index (χ1v) is 10.2. The Labute approximate surface area is 170 Å². The molecule has 0 saturated heterocycles. The SMILES string of the molecule is COC(=O)[C@@H]1Cc2ccccc2CN1Cn1nc2sc3ccccc3n2c1=S. The number of nitrogens with zero attached hydrogens (tertiary/aromatic N) is 4. The summed E-state index contributed by atoms with van der Waals surface area (Å²) in [6, 6.07) is 16.0. The molecule has 0 N–H and O–H groups in total. The Morgan fingerprint density at radius 1 is 1.21 bits per heavy atom. The van der Waals surface area contributed by atoms with Crippen molar-refractivity contribution in [1.29, 1.82) is 0 Å². The van der Waals surface area contributed by atoms with Crippen LogP contribution >= 0.6 is 23.6 Å². The van der Waals surface area contributed by atoms with Crippen LogP contribution in [0.15, 0.2) is 48.5 Å². The fourth-order valence-electron chi connectivity index (χ4n) is 3.85. The molecule has 0 amide bonds. The number of hydrogen-bond acceptors (Lipinski definition) is 6. The molecule has 4 aromatic rings. The van der Waals surface area contributed by atoms with E-state index in [0.29, 0.717) is 24.4 Å². The van der Waals surface area contributed by atoms with Crippen LogP contribution in [0.3, 0.4) is 0 Å². The number of hydrogen-bond donors (Lipinski definition) is 0. The summed E-state index contributed by atoms with van der Waals surface area (Å²) < 4.78 is 10.7. The van der Waals surface area contributed by atoms with Crippen molar-refractivity contribution in [3.63, 3.8) is 0 Å². The van der Waals surface area contributed by atoms with E-state index in [9.17, 15) is 4.79 Å². The maximum Gasteiger partial charge on any atom is 0.323 e. The van der Waals surface area contributed by atoms with E-state index in [1.54, 1.807) is 16.0 Å². The van der Waals surface area contributed by atoms with E-state index < -0.39 is 0 Å². The Morgan fingerprint density at radius 3 is 2.79 bits per heavy atom. The van der Waals surface area contributed by atoms with Gasteiger partial charge in [0.1, 0.15) is 6.04 Å². The van der Waals surface area contributed by atoms with Crippen LogP contribution in [-0.2, 0) is 29.2 Å². The van der Waals surface area contributed by atoms with Gasteiger partial charge in [-0.1, -0.05) is 47.7 Å². The maximum absolute atomic E-state index is 12.4. The Bertz CT molecular complexity index is 1260. The molecule has 5 rings (SSSR count). The van der Waals surface area contributed by atoms with E-state index in [0.717, 1.165) is 15.2 Å². The monoisotopic (exact) mass is 410 g/mol. The smallest absolute Gasteiger partial charge is 0.323 e. The zero-order valence-electron chi connectivity index (χ0n) is 15.2. The van der Waals surface area contributed by atoms with Gasteiger partial charge in [-0.3, -0.25) is 14.1 Å². The summed E-state index contributed by atoms with van der Waals surface area (Å²) >= 11 is 7.33. The third-order valence-electron chi connectivity index (χ3n) is 5.25. The van der Waals surface area contributed by atoms with Gasteiger partial charge in [0, 0.05) is 6.54 Å². The van der Waals surface area contributed by atoms with Gasteiger partial charge in [-0.2, -0.15) is 0 Å². The molecule has 28 heavy (non-hydrogen) atoms. The molecule has 0 radical (unpaired) electrons. The van der Waals surface area contributed by atoms with Crippen LogP contribution in [0.4, 0.5) is 0 Å². The molecular formula is C20H18N4O2S2. The fraction of sp³-hybridized carbons (Fsp3) is 0.250. The van der Waals surface area contributed by atoms with E-state index >= 15 is 0 Å². The quantitative estimate of drug-likeness (QED) is 0.381. The van der Waals surface area contributed by atoms with Crippen molar-refractivity contribution in [1.82, 2.24) is 19.1 Å². The fourth-order valence-corrected chi connectivity index (χ4v) is 5.21. The van der Waals surface area contributed by atoms with Crippen molar-refractivity contribution in [2.45, 2.75) is 25.7 Å². The summed E-state index contributed by atoms with van der Waals surface area (Å²) in [5.41, 5.74) is 3.47. The van der Waals surface area contributed by atoms with Gasteiger partial charge in [0.05, 0.1) is 24.0 Å². The van der Waals surface area contributed by atoms with Crippen LogP contribution in [0.1, 0.15) is 11.1 Å². The van der Waals surface area contributed by atoms with Crippen molar-refractivity contribution in [3.8, 4) is 0 Å². The first kappa shape index (κ1) is 17.5. The van der Waals surface area contributed by atoms with Crippen molar-refractivity contribution < 1.29 is 9.53 Å². The molecule has 0 bridgehead atoms. The molecule has 0 spiro atoms. The number of esters is 1. The Morgan fingerprint density at radius 2 is 1.96 bits per heavy atom. The predicted octanol–water partition coefficient (Wildman–Crippen LogP) is 3.64. The van der Waals surface area contributed by atoms with Crippen LogP contribution in [0.5, 0.6) is 0 Å². The van der Waals surface area contributed by atoms with Gasteiger partial charge in [-0.25, -0.2) is 4.68 Å². The number of thiazole rings is 1. The summed E-state index contributed by atoms with van der Waals surface area (Å²) in [6.07, 6.45) is 0.626. The van der Waals surface area contributed by atoms with Gasteiger partial charge < -0.3 is 4.74 Å². The average Bonchev–Trinajstić information content (AvgIpc) is 3.23. The number of ether oxygens (including phenoxy) is 1. The van der Waals surface area contributed by atoms with E-state index in [-0.39, 0.29) is 12.0 Å². The summed E-state index contributed by atoms with van der Waals surface area (Å²) in [4.78, 5) is 15.4. The van der Waals surface area contributed by atoms with Crippen LogP contribution < -0.4 is 0 Å². The minimum atomic E-state index is -0.349. The van der Waals surface area contributed by atoms with Gasteiger partial charge in [-0.15, -0.1) is 5.10 Å². The zero-order valence-corrected chi connectivity index (χ0v) is 16.9. The molecule has 6 nitrogen and oxygen atoms in total. The second-order valence-electron chi connectivity index (χ2n) is 6.87. The second-order valence-corrected chi connectivity index (χ2v) is 8.24. The highest BCUT2D eigenvalue weighted by Crippen LogP contribution is 2.27. The highest BCUT2D eigenvalue weighted by Gasteiger charge is 2.32. The number of methoxy groups -OCH3 is 1. The molecule has 0 aliphatic carbocycles. The Kier molecular flexibility index (Phi) is 4.26. The normalized spacial score (nSPS) is 17.1. The van der Waals surface area contributed by atoms with Crippen molar-refractivity contribution in [2.24, 2.45) is 0 Å². The molecule has 8 heteroatoms. The molecule has 1 atom stereocenters. The topological polar surface area (TPSA) is 51.8 Å². The number of fused-ring (bicyclic) bond motifs is 4. The summed E-state index contributed by atoms with van der Waals surface area (Å²) in [7, 11) is 1.44. The third kappa shape index (κ3) is 2.76. The van der Waals surface area contributed by atoms with E-state index in [2.05, 4.69) is 29.2 Å². The summed E-state index contributed by atoms with van der Waals surface area (Å²) in [5, 5.41) is 4.72. The lowest BCUT2D eigenvalue weighted by Gasteiger charge is -2.34. The van der Waals surface area contributed by atoms with Crippen molar-refractivity contribution in [2.75, 3.05) is 7.11 Å². The van der Waals surface area contributed by atoms with E-state index in [1.165, 1.54) is 18.2 Å². The molecule has 1 aliphatic rings. The number of para-hydroxylation sites is 1. The molecule has 142 valence electrons. The summed E-state index contributed by atoms with van der Waals surface area (Å²) in [5.74, 6) is -0.229. The Balaban J connectivity index is 1.54. The maximum atomic E-state index is 12.4. The lowest BCUT2D eigenvalue weighted by molar-refractivity contribution is -0.148. The van der Waals surface area contributed by atoms with Gasteiger partial charge in [0.25, 0.3) is 0 Å². The molecule has 0 unspecified atom stereocenters. The molecule has 1 aliphatic heterocycles. The van der Waals surface area contributed by atoms with Crippen molar-refractivity contribution >= 4 is 44.7 Å². The molecule has 2 aromatic heterocycles. The van der Waals surface area contributed by atoms with Crippen LogP contribution in [0.2, 0.25) is 0 Å². The largest absolute Gasteiger partial charge is 0.468 e. The molecule has 0 fully saturated rings. The van der Waals surface area contributed by atoms with Crippen LogP contribution in [-0.4, -0.2) is 38.2 Å². The lowest BCUT2D eigenvalue weighted by Crippen LogP contribution is -2.46. The van der Waals surface area contributed by atoms with E-state index in [1.807, 2.05) is 28.7 Å². The number of aromatic nitrogens is 3. The van der Waals surface area contributed by atoms with Gasteiger partial charge in [0.2, 0.25) is 9.73 Å². The average molecular weight is 411 g/mol. The zero-order chi connectivity index (χ0) is 19.3.